The van der Waals surface area contributed by atoms with Crippen LogP contribution < -0.4 is 0 Å². The quantitative estimate of drug-likeness (QED) is 0.389. The van der Waals surface area contributed by atoms with Crippen LogP contribution in [0.1, 0.15) is 22.9 Å². The monoisotopic (exact) mass is 462 g/mol. The standard InChI is InChI=1S/C22H23ClN2O5S/c23-14-4-5-16(26)15(13-14)20(27)18-19(17-3-1-12-31-17)25(22(29)21(18)28)7-2-6-24-8-10-30-11-9-24/h1,3-5,12-13,19,26-27H,2,6-11H2/t19-/m1/s1. The number of phenols is 1. The van der Waals surface area contributed by atoms with Crippen LogP contribution in [-0.2, 0) is 14.3 Å². The van der Waals surface area contributed by atoms with Gasteiger partial charge in [-0.2, -0.15) is 0 Å². The number of amides is 1. The lowest BCUT2D eigenvalue weighted by Crippen LogP contribution is -2.38. The van der Waals surface area contributed by atoms with Crippen molar-refractivity contribution in [3.05, 3.63) is 56.7 Å². The molecule has 2 N–H and O–H groups in total. The zero-order chi connectivity index (χ0) is 22.0. The number of rotatable bonds is 6. The average Bonchev–Trinajstić information content (AvgIpc) is 3.38. The summed E-state index contributed by atoms with van der Waals surface area (Å²) >= 11 is 7.43. The van der Waals surface area contributed by atoms with Crippen molar-refractivity contribution in [3.8, 4) is 5.75 Å². The molecule has 164 valence electrons. The molecule has 4 rings (SSSR count). The number of Topliss-reactive ketones (excluding diaryl/α,β-unsaturated/α-hetero) is 1. The molecule has 2 aliphatic heterocycles. The fourth-order valence-electron chi connectivity index (χ4n) is 3.99. The Kier molecular flexibility index (Phi) is 6.62. The SMILES string of the molecule is O=C1C(=O)N(CCCN2CCOCC2)[C@H](c2cccs2)C1=C(O)c1cc(Cl)ccc1O. The third-order valence-electron chi connectivity index (χ3n) is 5.54. The number of thiophene rings is 1. The number of hydrogen-bond acceptors (Lipinski definition) is 7. The molecule has 0 aliphatic carbocycles. The van der Waals surface area contributed by atoms with Gasteiger partial charge in [0.05, 0.1) is 30.4 Å². The summed E-state index contributed by atoms with van der Waals surface area (Å²) in [6.07, 6.45) is 0.692. The lowest BCUT2D eigenvalue weighted by Gasteiger charge is -2.28. The molecule has 0 bridgehead atoms. The zero-order valence-corrected chi connectivity index (χ0v) is 18.4. The first-order valence-electron chi connectivity index (χ1n) is 10.1. The van der Waals surface area contributed by atoms with Crippen molar-refractivity contribution in [2.45, 2.75) is 12.5 Å². The summed E-state index contributed by atoms with van der Waals surface area (Å²) < 4.78 is 5.36. The van der Waals surface area contributed by atoms with Gasteiger partial charge in [-0.25, -0.2) is 0 Å². The number of aliphatic hydroxyl groups is 1. The number of nitrogens with zero attached hydrogens (tertiary/aromatic N) is 2. The van der Waals surface area contributed by atoms with Gasteiger partial charge in [0.25, 0.3) is 11.7 Å². The van der Waals surface area contributed by atoms with Gasteiger partial charge in [-0.1, -0.05) is 17.7 Å². The Morgan fingerprint density at radius 3 is 2.68 bits per heavy atom. The Balaban J connectivity index is 1.65. The Hall–Kier alpha value is -2.39. The maximum atomic E-state index is 13.0. The van der Waals surface area contributed by atoms with E-state index in [1.807, 2.05) is 17.5 Å². The van der Waals surface area contributed by atoms with Crippen molar-refractivity contribution in [1.82, 2.24) is 9.80 Å². The van der Waals surface area contributed by atoms with Crippen LogP contribution in [0.25, 0.3) is 5.76 Å². The lowest BCUT2D eigenvalue weighted by molar-refractivity contribution is -0.140. The molecule has 0 radical (unpaired) electrons. The second-order valence-electron chi connectivity index (χ2n) is 7.48. The van der Waals surface area contributed by atoms with Crippen molar-refractivity contribution in [3.63, 3.8) is 0 Å². The van der Waals surface area contributed by atoms with Crippen LogP contribution in [0.2, 0.25) is 5.02 Å². The van der Waals surface area contributed by atoms with E-state index < -0.39 is 23.5 Å². The number of carbonyl (C=O) groups is 2. The van der Waals surface area contributed by atoms with Crippen molar-refractivity contribution in [1.29, 1.82) is 0 Å². The summed E-state index contributed by atoms with van der Waals surface area (Å²) in [4.78, 5) is 30.4. The van der Waals surface area contributed by atoms with E-state index in [1.54, 1.807) is 0 Å². The Bertz CT molecular complexity index is 1000. The molecule has 0 spiro atoms. The molecule has 2 aromatic rings. The van der Waals surface area contributed by atoms with Crippen LogP contribution in [0.3, 0.4) is 0 Å². The molecule has 7 nitrogen and oxygen atoms in total. The number of likely N-dealkylation sites (tertiary alicyclic amines) is 1. The van der Waals surface area contributed by atoms with Gasteiger partial charge in [0.2, 0.25) is 0 Å². The number of aliphatic hydroxyl groups excluding tert-OH is 1. The topological polar surface area (TPSA) is 90.3 Å². The van der Waals surface area contributed by atoms with Crippen LogP contribution in [0, 0.1) is 0 Å². The van der Waals surface area contributed by atoms with Gasteiger partial charge in [0.1, 0.15) is 11.5 Å². The summed E-state index contributed by atoms with van der Waals surface area (Å²) in [6, 6.07) is 7.17. The van der Waals surface area contributed by atoms with Crippen LogP contribution in [-0.4, -0.2) is 71.1 Å². The number of aromatic hydroxyl groups is 1. The van der Waals surface area contributed by atoms with Crippen LogP contribution in [0.5, 0.6) is 5.75 Å². The predicted molar refractivity (Wildman–Crippen MR) is 118 cm³/mol. The summed E-state index contributed by atoms with van der Waals surface area (Å²) in [5.41, 5.74) is -0.00300. The molecule has 1 amide bonds. The minimum absolute atomic E-state index is 0.0281. The number of ketones is 1. The van der Waals surface area contributed by atoms with E-state index in [2.05, 4.69) is 4.90 Å². The largest absolute Gasteiger partial charge is 0.507 e. The maximum absolute atomic E-state index is 13.0. The van der Waals surface area contributed by atoms with E-state index in [9.17, 15) is 19.8 Å². The number of phenolic OH excluding ortho intramolecular Hbond substituents is 1. The van der Waals surface area contributed by atoms with E-state index in [-0.39, 0.29) is 16.9 Å². The Morgan fingerprint density at radius 2 is 1.97 bits per heavy atom. The van der Waals surface area contributed by atoms with Gasteiger partial charge in [-0.05, 0) is 36.1 Å². The highest BCUT2D eigenvalue weighted by atomic mass is 35.5. The van der Waals surface area contributed by atoms with Gasteiger partial charge in [0, 0.05) is 36.1 Å². The number of carbonyl (C=O) groups excluding carboxylic acids is 2. The molecular weight excluding hydrogens is 440 g/mol. The number of hydrogen-bond donors (Lipinski definition) is 2. The molecule has 1 atom stereocenters. The first-order valence-corrected chi connectivity index (χ1v) is 11.3. The smallest absolute Gasteiger partial charge is 0.295 e. The first kappa shape index (κ1) is 21.8. The molecule has 31 heavy (non-hydrogen) atoms. The van der Waals surface area contributed by atoms with E-state index in [0.29, 0.717) is 31.2 Å². The normalized spacial score (nSPS) is 21.7. The molecule has 9 heteroatoms. The van der Waals surface area contributed by atoms with Gasteiger partial charge in [0.15, 0.2) is 0 Å². The molecule has 1 aromatic carbocycles. The van der Waals surface area contributed by atoms with Crippen LogP contribution in [0.4, 0.5) is 0 Å². The first-order chi connectivity index (χ1) is 15.0. The Labute approximate surface area is 189 Å². The van der Waals surface area contributed by atoms with Gasteiger partial charge >= 0.3 is 0 Å². The van der Waals surface area contributed by atoms with Gasteiger partial charge in [-0.15, -0.1) is 11.3 Å². The van der Waals surface area contributed by atoms with Crippen molar-refractivity contribution < 1.29 is 24.5 Å². The van der Waals surface area contributed by atoms with E-state index in [1.165, 1.54) is 34.4 Å². The van der Waals surface area contributed by atoms with Crippen LogP contribution >= 0.6 is 22.9 Å². The van der Waals surface area contributed by atoms with Gasteiger partial charge < -0.3 is 19.8 Å². The van der Waals surface area contributed by atoms with Crippen LogP contribution in [0.15, 0.2) is 41.3 Å². The minimum atomic E-state index is -0.762. The van der Waals surface area contributed by atoms with Crippen molar-refractivity contribution >= 4 is 40.4 Å². The summed E-state index contributed by atoms with van der Waals surface area (Å²) in [7, 11) is 0. The molecule has 3 heterocycles. The number of halogens is 1. The minimum Gasteiger partial charge on any atom is -0.507 e. The molecule has 2 aliphatic rings. The maximum Gasteiger partial charge on any atom is 0.295 e. The molecule has 2 fully saturated rings. The molecule has 0 unspecified atom stereocenters. The highest BCUT2D eigenvalue weighted by Gasteiger charge is 2.46. The van der Waals surface area contributed by atoms with Crippen molar-refractivity contribution in [2.75, 3.05) is 39.4 Å². The second kappa shape index (κ2) is 9.40. The summed E-state index contributed by atoms with van der Waals surface area (Å²) in [5.74, 6) is -2.05. The van der Waals surface area contributed by atoms with Crippen molar-refractivity contribution in [2.24, 2.45) is 0 Å². The summed E-state index contributed by atoms with van der Waals surface area (Å²) in [5, 5.41) is 23.3. The predicted octanol–water partition coefficient (Wildman–Crippen LogP) is 3.25. The number of ether oxygens (including phenoxy) is 1. The zero-order valence-electron chi connectivity index (χ0n) is 16.8. The second-order valence-corrected chi connectivity index (χ2v) is 8.89. The highest BCUT2D eigenvalue weighted by molar-refractivity contribution is 7.10. The fraction of sp³-hybridized carbons (Fsp3) is 0.364. The molecular formula is C22H23ClN2O5S. The number of morpholine rings is 1. The lowest BCUT2D eigenvalue weighted by atomic mass is 9.99. The summed E-state index contributed by atoms with van der Waals surface area (Å²) in [6.45, 7) is 4.26. The molecule has 0 saturated carbocycles. The molecule has 1 aromatic heterocycles. The molecule has 2 saturated heterocycles. The average molecular weight is 463 g/mol. The van der Waals surface area contributed by atoms with E-state index in [4.69, 9.17) is 16.3 Å². The third kappa shape index (κ3) is 4.48. The Morgan fingerprint density at radius 1 is 1.19 bits per heavy atom. The number of benzene rings is 1. The van der Waals surface area contributed by atoms with E-state index >= 15 is 0 Å². The fourth-order valence-corrected chi connectivity index (χ4v) is 5.00. The highest BCUT2D eigenvalue weighted by Crippen LogP contribution is 2.42. The third-order valence-corrected chi connectivity index (χ3v) is 6.70. The van der Waals surface area contributed by atoms with Gasteiger partial charge in [-0.3, -0.25) is 14.5 Å². The van der Waals surface area contributed by atoms with E-state index in [0.717, 1.165) is 24.5 Å².